The SMILES string of the molecule is c1ccc(-c2ccccc2C2(c3ccccc3)SC2(c2ccccc2)c2ccccc2)cc1. The molecule has 1 fully saturated rings. The molecule has 1 aliphatic heterocycles. The highest BCUT2D eigenvalue weighted by Gasteiger charge is 2.72. The van der Waals surface area contributed by atoms with E-state index in [0.29, 0.717) is 0 Å². The summed E-state index contributed by atoms with van der Waals surface area (Å²) in [7, 11) is 0. The van der Waals surface area contributed by atoms with Crippen LogP contribution in [0, 0.1) is 0 Å². The average Bonchev–Trinajstić information content (AvgIpc) is 3.63. The van der Waals surface area contributed by atoms with Crippen molar-refractivity contribution in [1.82, 2.24) is 0 Å². The fourth-order valence-corrected chi connectivity index (χ4v) is 7.16. The quantitative estimate of drug-likeness (QED) is 0.248. The van der Waals surface area contributed by atoms with Crippen molar-refractivity contribution in [1.29, 1.82) is 0 Å². The second-order valence-corrected chi connectivity index (χ2v) is 9.90. The minimum absolute atomic E-state index is 0.207. The van der Waals surface area contributed by atoms with Gasteiger partial charge in [-0.3, -0.25) is 0 Å². The molecule has 1 atom stereocenters. The van der Waals surface area contributed by atoms with Gasteiger partial charge in [0.15, 0.2) is 0 Å². The second-order valence-electron chi connectivity index (χ2n) is 8.47. The summed E-state index contributed by atoms with van der Waals surface area (Å²) in [5.74, 6) is 0. The molecule has 0 radical (unpaired) electrons. The van der Waals surface area contributed by atoms with Crippen LogP contribution in [0.5, 0.6) is 0 Å². The summed E-state index contributed by atoms with van der Waals surface area (Å²) < 4.78 is -0.439. The van der Waals surface area contributed by atoms with Crippen LogP contribution in [0.3, 0.4) is 0 Å². The zero-order valence-corrected chi connectivity index (χ0v) is 19.1. The first-order valence-corrected chi connectivity index (χ1v) is 12.2. The number of thioether (sulfide) groups is 1. The molecule has 0 nitrogen and oxygen atoms in total. The zero-order chi connectivity index (χ0) is 22.1. The lowest BCUT2D eigenvalue weighted by Gasteiger charge is -2.28. The van der Waals surface area contributed by atoms with E-state index >= 15 is 0 Å². The van der Waals surface area contributed by atoms with Gasteiger partial charge in [-0.2, -0.15) is 0 Å². The van der Waals surface area contributed by atoms with Crippen LogP contribution in [0.25, 0.3) is 11.1 Å². The molecular formula is C32H24S. The lowest BCUT2D eigenvalue weighted by molar-refractivity contribution is 0.691. The molecule has 5 aromatic carbocycles. The maximum Gasteiger partial charge on any atom is 0.0905 e. The Labute approximate surface area is 200 Å². The predicted molar refractivity (Wildman–Crippen MR) is 140 cm³/mol. The maximum absolute atomic E-state index is 2.33. The molecule has 0 bridgehead atoms. The lowest BCUT2D eigenvalue weighted by Crippen LogP contribution is -2.26. The van der Waals surface area contributed by atoms with E-state index in [-0.39, 0.29) is 9.49 Å². The van der Waals surface area contributed by atoms with Gasteiger partial charge in [0.1, 0.15) is 0 Å². The van der Waals surface area contributed by atoms with Crippen LogP contribution in [0.1, 0.15) is 22.3 Å². The highest BCUT2D eigenvalue weighted by molar-refractivity contribution is 8.09. The Hall–Kier alpha value is -3.55. The molecule has 0 aromatic heterocycles. The molecule has 0 saturated carbocycles. The summed E-state index contributed by atoms with van der Waals surface area (Å²) in [5, 5.41) is 0. The summed E-state index contributed by atoms with van der Waals surface area (Å²) in [5.41, 5.74) is 7.93. The fourth-order valence-electron chi connectivity index (χ4n) is 5.24. The van der Waals surface area contributed by atoms with E-state index in [1.54, 1.807) is 0 Å². The molecule has 1 heterocycles. The van der Waals surface area contributed by atoms with Crippen molar-refractivity contribution >= 4 is 11.8 Å². The van der Waals surface area contributed by atoms with Gasteiger partial charge in [-0.05, 0) is 33.4 Å². The van der Waals surface area contributed by atoms with E-state index in [1.165, 1.54) is 33.4 Å². The van der Waals surface area contributed by atoms with Gasteiger partial charge < -0.3 is 0 Å². The van der Waals surface area contributed by atoms with Crippen LogP contribution in [-0.4, -0.2) is 0 Å². The molecule has 33 heavy (non-hydrogen) atoms. The molecule has 0 aliphatic carbocycles. The van der Waals surface area contributed by atoms with Crippen molar-refractivity contribution in [2.45, 2.75) is 9.49 Å². The van der Waals surface area contributed by atoms with Gasteiger partial charge in [-0.25, -0.2) is 0 Å². The standard InChI is InChI=1S/C32H24S/c1-5-15-25(16-6-1)29-23-13-14-24-30(29)32(28-21-11-4-12-22-28)31(33-32,26-17-7-2-8-18-26)27-19-9-3-10-20-27/h1-24H. The van der Waals surface area contributed by atoms with Crippen LogP contribution in [0.4, 0.5) is 0 Å². The lowest BCUT2D eigenvalue weighted by atomic mass is 9.72. The minimum atomic E-state index is -0.233. The highest BCUT2D eigenvalue weighted by Crippen LogP contribution is 2.81. The van der Waals surface area contributed by atoms with Crippen LogP contribution in [0.2, 0.25) is 0 Å². The molecule has 1 unspecified atom stereocenters. The van der Waals surface area contributed by atoms with E-state index < -0.39 is 0 Å². The van der Waals surface area contributed by atoms with Crippen molar-refractivity contribution in [2.75, 3.05) is 0 Å². The number of rotatable bonds is 5. The first-order chi connectivity index (χ1) is 16.4. The van der Waals surface area contributed by atoms with Gasteiger partial charge in [-0.1, -0.05) is 146 Å². The van der Waals surface area contributed by atoms with E-state index in [1.807, 2.05) is 0 Å². The molecule has 1 aliphatic rings. The summed E-state index contributed by atoms with van der Waals surface area (Å²) in [6.45, 7) is 0. The molecule has 158 valence electrons. The smallest absolute Gasteiger partial charge is 0.0905 e. The summed E-state index contributed by atoms with van der Waals surface area (Å²) in [4.78, 5) is 0. The zero-order valence-electron chi connectivity index (χ0n) is 18.3. The topological polar surface area (TPSA) is 0 Å². The summed E-state index contributed by atoms with van der Waals surface area (Å²) >= 11 is 2.05. The van der Waals surface area contributed by atoms with E-state index in [0.717, 1.165) is 0 Å². The second kappa shape index (κ2) is 8.10. The van der Waals surface area contributed by atoms with E-state index in [4.69, 9.17) is 0 Å². The van der Waals surface area contributed by atoms with Crippen molar-refractivity contribution in [3.63, 3.8) is 0 Å². The van der Waals surface area contributed by atoms with Gasteiger partial charge in [0.05, 0.1) is 9.49 Å². The molecule has 1 saturated heterocycles. The number of hydrogen-bond donors (Lipinski definition) is 0. The Bertz CT molecular complexity index is 1320. The summed E-state index contributed by atoms with van der Waals surface area (Å²) in [6, 6.07) is 52.8. The number of hydrogen-bond acceptors (Lipinski definition) is 1. The van der Waals surface area contributed by atoms with Gasteiger partial charge in [-0.15, -0.1) is 11.8 Å². The van der Waals surface area contributed by atoms with Gasteiger partial charge in [0.25, 0.3) is 0 Å². The third-order valence-corrected chi connectivity index (χ3v) is 8.64. The molecule has 5 aromatic rings. The Balaban J connectivity index is 1.69. The fraction of sp³-hybridized carbons (Fsp3) is 0.0625. The van der Waals surface area contributed by atoms with Crippen molar-refractivity contribution in [3.8, 4) is 11.1 Å². The normalized spacial score (nSPS) is 18.5. The van der Waals surface area contributed by atoms with Gasteiger partial charge in [0.2, 0.25) is 0 Å². The first kappa shape index (κ1) is 20.1. The monoisotopic (exact) mass is 440 g/mol. The highest BCUT2D eigenvalue weighted by atomic mass is 32.2. The molecule has 6 rings (SSSR count). The Morgan fingerprint density at radius 2 is 0.758 bits per heavy atom. The minimum Gasteiger partial charge on any atom is -0.125 e. The van der Waals surface area contributed by atoms with E-state index in [9.17, 15) is 0 Å². The predicted octanol–water partition coefficient (Wildman–Crippen LogP) is 8.29. The first-order valence-electron chi connectivity index (χ1n) is 11.4. The molecule has 0 spiro atoms. The van der Waals surface area contributed by atoms with Crippen LogP contribution in [-0.2, 0) is 9.49 Å². The van der Waals surface area contributed by atoms with Gasteiger partial charge in [0, 0.05) is 0 Å². The third kappa shape index (κ3) is 3.08. The van der Waals surface area contributed by atoms with Crippen LogP contribution >= 0.6 is 11.8 Å². The maximum atomic E-state index is 2.33. The molecular weight excluding hydrogens is 416 g/mol. The van der Waals surface area contributed by atoms with Crippen molar-refractivity contribution in [2.24, 2.45) is 0 Å². The Morgan fingerprint density at radius 1 is 0.364 bits per heavy atom. The van der Waals surface area contributed by atoms with Crippen molar-refractivity contribution < 1.29 is 0 Å². The third-order valence-electron chi connectivity index (χ3n) is 6.69. The van der Waals surface area contributed by atoms with E-state index in [2.05, 4.69) is 157 Å². The molecule has 0 amide bonds. The van der Waals surface area contributed by atoms with Crippen molar-refractivity contribution in [3.05, 3.63) is 168 Å². The molecule has 1 heteroatoms. The number of benzene rings is 5. The largest absolute Gasteiger partial charge is 0.125 e. The Morgan fingerprint density at radius 3 is 1.27 bits per heavy atom. The Kier molecular flexibility index (Phi) is 4.93. The molecule has 0 N–H and O–H groups in total. The average molecular weight is 441 g/mol. The van der Waals surface area contributed by atoms with Crippen LogP contribution in [0.15, 0.2) is 146 Å². The van der Waals surface area contributed by atoms with Gasteiger partial charge >= 0.3 is 0 Å². The van der Waals surface area contributed by atoms with Crippen LogP contribution < -0.4 is 0 Å². The summed E-state index contributed by atoms with van der Waals surface area (Å²) in [6.07, 6.45) is 0.